The zero-order valence-corrected chi connectivity index (χ0v) is 37.4. The van der Waals surface area contributed by atoms with E-state index >= 15 is 0 Å². The van der Waals surface area contributed by atoms with Crippen LogP contribution in [0.5, 0.6) is 0 Å². The number of rotatable bonds is 9. The van der Waals surface area contributed by atoms with Crippen LogP contribution in [0, 0.1) is 0 Å². The monoisotopic (exact) mass is 853 g/mol. The van der Waals surface area contributed by atoms with Crippen molar-refractivity contribution in [3.8, 4) is 66.8 Å². The number of nitrogens with zero attached hydrogens (tertiary/aromatic N) is 1. The van der Waals surface area contributed by atoms with E-state index in [1.807, 2.05) is 0 Å². The number of hydrogen-bond donors (Lipinski definition) is 0. The summed E-state index contributed by atoms with van der Waals surface area (Å²) >= 11 is 0. The molecule has 0 spiro atoms. The first-order valence-corrected chi connectivity index (χ1v) is 23.2. The van der Waals surface area contributed by atoms with Crippen molar-refractivity contribution < 1.29 is 0 Å². The van der Waals surface area contributed by atoms with E-state index in [0.717, 1.165) is 17.1 Å². The Hall–Kier alpha value is -8.52. The van der Waals surface area contributed by atoms with Gasteiger partial charge in [0.15, 0.2) is 0 Å². The van der Waals surface area contributed by atoms with Gasteiger partial charge in [-0.15, -0.1) is 0 Å². The highest BCUT2D eigenvalue weighted by Gasteiger charge is 2.41. The van der Waals surface area contributed by atoms with Crippen molar-refractivity contribution in [1.29, 1.82) is 0 Å². The van der Waals surface area contributed by atoms with Crippen LogP contribution in [0.25, 0.3) is 77.5 Å². The lowest BCUT2D eigenvalue weighted by molar-refractivity contribution is 0.714. The summed E-state index contributed by atoms with van der Waals surface area (Å²) in [7, 11) is 0. The number of anilines is 3. The van der Waals surface area contributed by atoms with Gasteiger partial charge in [0.1, 0.15) is 0 Å². The van der Waals surface area contributed by atoms with Gasteiger partial charge in [0.2, 0.25) is 0 Å². The van der Waals surface area contributed by atoms with Gasteiger partial charge >= 0.3 is 0 Å². The van der Waals surface area contributed by atoms with Crippen LogP contribution in [0.2, 0.25) is 0 Å². The molecular weight excluding hydrogens is 807 g/mol. The van der Waals surface area contributed by atoms with Crippen LogP contribution in [0.15, 0.2) is 267 Å². The second kappa shape index (κ2) is 16.8. The number of benzene rings is 11. The molecule has 0 amide bonds. The molecule has 1 unspecified atom stereocenters. The van der Waals surface area contributed by atoms with Crippen molar-refractivity contribution in [2.75, 3.05) is 4.90 Å². The Labute approximate surface area is 393 Å². The summed E-state index contributed by atoms with van der Waals surface area (Å²) < 4.78 is 0. The first-order chi connectivity index (χ1) is 33.1. The number of hydrogen-bond acceptors (Lipinski definition) is 1. The first-order valence-electron chi connectivity index (χ1n) is 23.2. The third-order valence-corrected chi connectivity index (χ3v) is 14.0. The Kier molecular flexibility index (Phi) is 10.0. The standard InChI is InChI=1S/C66H47N/c1-66(55-21-6-3-7-22-55)63-28-13-12-26-62(63)65-61(27-15-29-64(65)66)54-20-14-23-58(45-54)67(57-42-38-51(39-43-57)60-25-11-10-24-59(60)50-17-4-2-5-18-50)56-40-36-48(37-41-56)47-30-32-49(33-31-47)53-35-34-46-16-8-9-19-52(46)44-53/h2-45H,1H3. The van der Waals surface area contributed by atoms with Gasteiger partial charge < -0.3 is 4.90 Å². The van der Waals surface area contributed by atoms with Gasteiger partial charge in [-0.2, -0.15) is 0 Å². The minimum Gasteiger partial charge on any atom is -0.310 e. The lowest BCUT2D eigenvalue weighted by atomic mass is 9.74. The molecule has 67 heavy (non-hydrogen) atoms. The Morgan fingerprint density at radius 2 is 0.731 bits per heavy atom. The van der Waals surface area contributed by atoms with Gasteiger partial charge in [0.05, 0.1) is 0 Å². The van der Waals surface area contributed by atoms with E-state index in [1.54, 1.807) is 0 Å². The topological polar surface area (TPSA) is 3.24 Å². The van der Waals surface area contributed by atoms with E-state index in [2.05, 4.69) is 279 Å². The van der Waals surface area contributed by atoms with Crippen molar-refractivity contribution in [3.05, 3.63) is 284 Å². The molecule has 1 aliphatic rings. The smallest absolute Gasteiger partial charge is 0.0467 e. The lowest BCUT2D eigenvalue weighted by Gasteiger charge is -2.28. The zero-order chi connectivity index (χ0) is 44.7. The van der Waals surface area contributed by atoms with Crippen molar-refractivity contribution >= 4 is 27.8 Å². The fourth-order valence-corrected chi connectivity index (χ4v) is 10.5. The van der Waals surface area contributed by atoms with Crippen molar-refractivity contribution in [1.82, 2.24) is 0 Å². The molecule has 0 radical (unpaired) electrons. The summed E-state index contributed by atoms with van der Waals surface area (Å²) in [6, 6.07) is 97.6. The van der Waals surface area contributed by atoms with E-state index in [0.29, 0.717) is 0 Å². The predicted molar refractivity (Wildman–Crippen MR) is 283 cm³/mol. The molecule has 1 nitrogen and oxygen atoms in total. The van der Waals surface area contributed by atoms with Gasteiger partial charge in [0, 0.05) is 22.5 Å². The Balaban J connectivity index is 0.941. The summed E-state index contributed by atoms with van der Waals surface area (Å²) in [5.41, 5.74) is 21.7. The van der Waals surface area contributed by atoms with E-state index < -0.39 is 0 Å². The number of fused-ring (bicyclic) bond motifs is 4. The molecule has 0 aromatic heterocycles. The normalized spacial score (nSPS) is 13.8. The van der Waals surface area contributed by atoms with E-state index in [-0.39, 0.29) is 5.41 Å². The van der Waals surface area contributed by atoms with E-state index in [4.69, 9.17) is 0 Å². The van der Waals surface area contributed by atoms with Gasteiger partial charge in [-0.25, -0.2) is 0 Å². The van der Waals surface area contributed by atoms with Gasteiger partial charge in [-0.3, -0.25) is 0 Å². The minimum absolute atomic E-state index is 0.272. The van der Waals surface area contributed by atoms with Crippen LogP contribution in [-0.2, 0) is 5.41 Å². The summed E-state index contributed by atoms with van der Waals surface area (Å²) in [6.07, 6.45) is 0. The first kappa shape index (κ1) is 40.0. The van der Waals surface area contributed by atoms with Crippen LogP contribution in [0.3, 0.4) is 0 Å². The quantitative estimate of drug-likeness (QED) is 0.140. The van der Waals surface area contributed by atoms with Crippen molar-refractivity contribution in [2.24, 2.45) is 0 Å². The molecule has 11 aromatic carbocycles. The summed E-state index contributed by atoms with van der Waals surface area (Å²) in [5.74, 6) is 0. The van der Waals surface area contributed by atoms with Crippen LogP contribution in [0.4, 0.5) is 17.1 Å². The lowest BCUT2D eigenvalue weighted by Crippen LogP contribution is -2.22. The third kappa shape index (κ3) is 7.13. The molecule has 0 saturated carbocycles. The Morgan fingerprint density at radius 3 is 1.42 bits per heavy atom. The summed E-state index contributed by atoms with van der Waals surface area (Å²) in [4.78, 5) is 2.40. The van der Waals surface area contributed by atoms with Gasteiger partial charge in [-0.05, 0) is 144 Å². The maximum Gasteiger partial charge on any atom is 0.0467 e. The maximum atomic E-state index is 2.40. The van der Waals surface area contributed by atoms with Gasteiger partial charge in [-0.1, -0.05) is 224 Å². The molecular formula is C66H47N. The average Bonchev–Trinajstić information content (AvgIpc) is 3.68. The average molecular weight is 854 g/mol. The summed E-state index contributed by atoms with van der Waals surface area (Å²) in [6.45, 7) is 2.39. The molecule has 0 N–H and O–H groups in total. The Bertz CT molecular complexity index is 3550. The molecule has 0 saturated heterocycles. The fraction of sp³-hybridized carbons (Fsp3) is 0.0303. The second-order valence-electron chi connectivity index (χ2n) is 17.8. The van der Waals surface area contributed by atoms with E-state index in [9.17, 15) is 0 Å². The molecule has 0 aliphatic heterocycles. The Morgan fingerprint density at radius 1 is 0.269 bits per heavy atom. The van der Waals surface area contributed by atoms with Crippen LogP contribution < -0.4 is 4.90 Å². The molecule has 1 heteroatoms. The highest BCUT2D eigenvalue weighted by atomic mass is 15.1. The second-order valence-corrected chi connectivity index (χ2v) is 17.8. The van der Waals surface area contributed by atoms with Crippen molar-refractivity contribution in [3.63, 3.8) is 0 Å². The molecule has 1 atom stereocenters. The summed E-state index contributed by atoms with van der Waals surface area (Å²) in [5, 5.41) is 2.51. The largest absolute Gasteiger partial charge is 0.310 e. The highest BCUT2D eigenvalue weighted by molar-refractivity contribution is 5.95. The zero-order valence-electron chi connectivity index (χ0n) is 37.4. The maximum absolute atomic E-state index is 2.40. The van der Waals surface area contributed by atoms with Gasteiger partial charge in [0.25, 0.3) is 0 Å². The molecule has 1 aliphatic carbocycles. The van der Waals surface area contributed by atoms with Crippen LogP contribution in [0.1, 0.15) is 23.6 Å². The van der Waals surface area contributed by atoms with Crippen LogP contribution in [-0.4, -0.2) is 0 Å². The SMILES string of the molecule is CC1(c2ccccc2)c2ccccc2-c2c(-c3cccc(N(c4ccc(-c5ccc(-c6ccc7ccccc7c6)cc5)cc4)c4ccc(-c5ccccc5-c5ccccc5)cc4)c3)cccc21. The molecule has 12 rings (SSSR count). The van der Waals surface area contributed by atoms with Crippen LogP contribution >= 0.6 is 0 Å². The molecule has 0 bridgehead atoms. The molecule has 316 valence electrons. The third-order valence-electron chi connectivity index (χ3n) is 14.0. The fourth-order valence-electron chi connectivity index (χ4n) is 10.5. The van der Waals surface area contributed by atoms with Crippen molar-refractivity contribution in [2.45, 2.75) is 12.3 Å². The minimum atomic E-state index is -0.272. The molecule has 0 fully saturated rings. The predicted octanol–water partition coefficient (Wildman–Crippen LogP) is 18.0. The molecule has 11 aromatic rings. The highest BCUT2D eigenvalue weighted by Crippen LogP contribution is 2.55. The molecule has 0 heterocycles. The van der Waals surface area contributed by atoms with E-state index in [1.165, 1.54) is 94.2 Å².